The molecule has 0 rings (SSSR count). The molecule has 0 aromatic rings. The van der Waals surface area contributed by atoms with Crippen LogP contribution in [-0.2, 0) is 4.79 Å². The largest absolute Gasteiger partial charge is 0.394 e. The van der Waals surface area contributed by atoms with E-state index in [-0.39, 0.29) is 18.3 Å². The molecule has 0 aliphatic carbocycles. The van der Waals surface area contributed by atoms with Crippen molar-refractivity contribution < 1.29 is 9.90 Å². The van der Waals surface area contributed by atoms with Gasteiger partial charge in [-0.2, -0.15) is 0 Å². The van der Waals surface area contributed by atoms with Gasteiger partial charge in [0.15, 0.2) is 0 Å². The summed E-state index contributed by atoms with van der Waals surface area (Å²) in [4.78, 5) is 14.8. The van der Waals surface area contributed by atoms with Crippen LogP contribution in [0.1, 0.15) is 20.8 Å². The smallest absolute Gasteiger partial charge is 0.138 e. The van der Waals surface area contributed by atoms with Gasteiger partial charge in [-0.1, -0.05) is 6.92 Å². The third kappa shape index (κ3) is 3.88. The molecule has 0 radical (unpaired) electrons. The SMILES string of the molecule is CC(=O)C(C)C(C)=NCCO. The van der Waals surface area contributed by atoms with E-state index < -0.39 is 0 Å². The van der Waals surface area contributed by atoms with Crippen molar-refractivity contribution >= 4 is 11.5 Å². The van der Waals surface area contributed by atoms with Gasteiger partial charge in [0.05, 0.1) is 19.1 Å². The van der Waals surface area contributed by atoms with Crippen molar-refractivity contribution in [3.8, 4) is 0 Å². The third-order valence-electron chi connectivity index (χ3n) is 1.70. The molecule has 0 saturated carbocycles. The fraction of sp³-hybridized carbons (Fsp3) is 0.750. The first-order chi connectivity index (χ1) is 5.09. The van der Waals surface area contributed by atoms with Crippen LogP contribution in [0.15, 0.2) is 4.99 Å². The Labute approximate surface area is 67.1 Å². The number of Topliss-reactive ketones (excluding diaryl/α,β-unsaturated/α-hetero) is 1. The summed E-state index contributed by atoms with van der Waals surface area (Å²) in [6, 6.07) is 0. The van der Waals surface area contributed by atoms with Gasteiger partial charge in [0, 0.05) is 5.71 Å². The predicted octanol–water partition coefficient (Wildman–Crippen LogP) is 0.665. The van der Waals surface area contributed by atoms with E-state index in [1.165, 1.54) is 0 Å². The average Bonchev–Trinajstić information content (AvgIpc) is 1.98. The first-order valence-electron chi connectivity index (χ1n) is 3.71. The highest BCUT2D eigenvalue weighted by molar-refractivity contribution is 6.02. The van der Waals surface area contributed by atoms with Gasteiger partial charge in [0.2, 0.25) is 0 Å². The normalized spacial score (nSPS) is 14.7. The predicted molar refractivity (Wildman–Crippen MR) is 44.9 cm³/mol. The number of hydrogen-bond acceptors (Lipinski definition) is 3. The van der Waals surface area contributed by atoms with E-state index in [1.807, 2.05) is 13.8 Å². The van der Waals surface area contributed by atoms with Gasteiger partial charge in [0.25, 0.3) is 0 Å². The van der Waals surface area contributed by atoms with Crippen LogP contribution in [0.5, 0.6) is 0 Å². The molecule has 3 heteroatoms. The Bertz CT molecular complexity index is 163. The van der Waals surface area contributed by atoms with Gasteiger partial charge in [-0.05, 0) is 13.8 Å². The summed E-state index contributed by atoms with van der Waals surface area (Å²) in [5.41, 5.74) is 0.798. The second kappa shape index (κ2) is 5.02. The zero-order chi connectivity index (χ0) is 8.85. The number of aliphatic hydroxyl groups excluding tert-OH is 1. The van der Waals surface area contributed by atoms with Crippen molar-refractivity contribution in [3.63, 3.8) is 0 Å². The van der Waals surface area contributed by atoms with Crippen molar-refractivity contribution in [2.75, 3.05) is 13.2 Å². The van der Waals surface area contributed by atoms with Crippen LogP contribution in [0.25, 0.3) is 0 Å². The van der Waals surface area contributed by atoms with E-state index >= 15 is 0 Å². The lowest BCUT2D eigenvalue weighted by atomic mass is 10.0. The molecule has 0 bridgehead atoms. The standard InChI is InChI=1S/C8H15NO2/c1-6(8(3)11)7(2)9-4-5-10/h6,10H,4-5H2,1-3H3. The van der Waals surface area contributed by atoms with Crippen molar-refractivity contribution in [2.24, 2.45) is 10.9 Å². The molecule has 1 atom stereocenters. The lowest BCUT2D eigenvalue weighted by molar-refractivity contribution is -0.118. The first kappa shape index (κ1) is 10.3. The maximum atomic E-state index is 10.8. The minimum absolute atomic E-state index is 0.0436. The minimum atomic E-state index is -0.110. The summed E-state index contributed by atoms with van der Waals surface area (Å²) < 4.78 is 0. The van der Waals surface area contributed by atoms with Gasteiger partial charge in [-0.15, -0.1) is 0 Å². The molecule has 11 heavy (non-hydrogen) atoms. The number of nitrogens with zero attached hydrogens (tertiary/aromatic N) is 1. The topological polar surface area (TPSA) is 49.7 Å². The Morgan fingerprint density at radius 1 is 1.55 bits per heavy atom. The molecular weight excluding hydrogens is 142 g/mol. The summed E-state index contributed by atoms with van der Waals surface area (Å²) in [5, 5.41) is 8.44. The molecule has 0 saturated heterocycles. The molecule has 64 valence electrons. The maximum absolute atomic E-state index is 10.8. The Balaban J connectivity index is 4.00. The molecule has 0 fully saturated rings. The molecule has 0 heterocycles. The Morgan fingerprint density at radius 3 is 2.45 bits per heavy atom. The van der Waals surface area contributed by atoms with E-state index in [4.69, 9.17) is 5.11 Å². The molecule has 3 nitrogen and oxygen atoms in total. The molecule has 0 aliphatic rings. The molecule has 0 spiro atoms. The second-order valence-electron chi connectivity index (χ2n) is 2.58. The van der Waals surface area contributed by atoms with E-state index in [0.717, 1.165) is 5.71 Å². The fourth-order valence-corrected chi connectivity index (χ4v) is 0.657. The van der Waals surface area contributed by atoms with Crippen molar-refractivity contribution in [1.29, 1.82) is 0 Å². The van der Waals surface area contributed by atoms with Gasteiger partial charge >= 0.3 is 0 Å². The highest BCUT2D eigenvalue weighted by Gasteiger charge is 2.09. The average molecular weight is 157 g/mol. The lowest BCUT2D eigenvalue weighted by Crippen LogP contribution is -2.16. The molecular formula is C8H15NO2. The molecule has 0 aliphatic heterocycles. The van der Waals surface area contributed by atoms with E-state index in [0.29, 0.717) is 6.54 Å². The molecule has 0 aromatic carbocycles. The number of carbonyl (C=O) groups is 1. The molecule has 0 amide bonds. The van der Waals surface area contributed by atoms with Crippen LogP contribution < -0.4 is 0 Å². The molecule has 1 unspecified atom stereocenters. The van der Waals surface area contributed by atoms with Crippen LogP contribution in [0.2, 0.25) is 0 Å². The highest BCUT2D eigenvalue weighted by atomic mass is 16.3. The van der Waals surface area contributed by atoms with Crippen LogP contribution in [0, 0.1) is 5.92 Å². The van der Waals surface area contributed by atoms with E-state index in [2.05, 4.69) is 4.99 Å². The summed E-state index contributed by atoms with van der Waals surface area (Å²) in [5.74, 6) is 0.00531. The van der Waals surface area contributed by atoms with Crippen molar-refractivity contribution in [2.45, 2.75) is 20.8 Å². The number of carbonyl (C=O) groups excluding carboxylic acids is 1. The number of aliphatic hydroxyl groups is 1. The summed E-state index contributed by atoms with van der Waals surface area (Å²) in [7, 11) is 0. The summed E-state index contributed by atoms with van der Waals surface area (Å²) in [6.45, 7) is 5.61. The monoisotopic (exact) mass is 157 g/mol. The van der Waals surface area contributed by atoms with Crippen LogP contribution in [-0.4, -0.2) is 29.8 Å². The van der Waals surface area contributed by atoms with E-state index in [1.54, 1.807) is 6.92 Å². The summed E-state index contributed by atoms with van der Waals surface area (Å²) >= 11 is 0. The fourth-order valence-electron chi connectivity index (χ4n) is 0.657. The number of rotatable bonds is 4. The second-order valence-corrected chi connectivity index (χ2v) is 2.58. The zero-order valence-corrected chi connectivity index (χ0v) is 7.29. The van der Waals surface area contributed by atoms with Gasteiger partial charge < -0.3 is 5.11 Å². The zero-order valence-electron chi connectivity index (χ0n) is 7.29. The highest BCUT2D eigenvalue weighted by Crippen LogP contribution is 1.99. The Morgan fingerprint density at radius 2 is 2.09 bits per heavy atom. The van der Waals surface area contributed by atoms with Crippen LogP contribution in [0.3, 0.4) is 0 Å². The maximum Gasteiger partial charge on any atom is 0.138 e. The quantitative estimate of drug-likeness (QED) is 0.609. The molecule has 0 aromatic heterocycles. The molecule has 1 N–H and O–H groups in total. The van der Waals surface area contributed by atoms with Crippen molar-refractivity contribution in [3.05, 3.63) is 0 Å². The Hall–Kier alpha value is -0.700. The van der Waals surface area contributed by atoms with Crippen LogP contribution >= 0.6 is 0 Å². The number of ketones is 1. The first-order valence-corrected chi connectivity index (χ1v) is 3.71. The van der Waals surface area contributed by atoms with E-state index in [9.17, 15) is 4.79 Å². The minimum Gasteiger partial charge on any atom is -0.394 e. The van der Waals surface area contributed by atoms with Gasteiger partial charge in [0.1, 0.15) is 5.78 Å². The Kier molecular flexibility index (Phi) is 4.70. The number of aliphatic imine (C=N–C) groups is 1. The van der Waals surface area contributed by atoms with Gasteiger partial charge in [-0.3, -0.25) is 9.79 Å². The van der Waals surface area contributed by atoms with Crippen molar-refractivity contribution in [1.82, 2.24) is 0 Å². The van der Waals surface area contributed by atoms with Crippen LogP contribution in [0.4, 0.5) is 0 Å². The lowest BCUT2D eigenvalue weighted by Gasteiger charge is -2.05. The summed E-state index contributed by atoms with van der Waals surface area (Å²) in [6.07, 6.45) is 0. The van der Waals surface area contributed by atoms with Gasteiger partial charge in [-0.25, -0.2) is 0 Å². The third-order valence-corrected chi connectivity index (χ3v) is 1.70. The number of hydrogen-bond donors (Lipinski definition) is 1.